The Balaban J connectivity index is 1.65. The van der Waals surface area contributed by atoms with Crippen molar-refractivity contribution >= 4 is 51.9 Å². The number of hydrogen-bond acceptors (Lipinski definition) is 5. The predicted octanol–water partition coefficient (Wildman–Crippen LogP) is 3.35. The van der Waals surface area contributed by atoms with Gasteiger partial charge >= 0.3 is 5.97 Å². The third-order valence-corrected chi connectivity index (χ3v) is 5.69. The first-order chi connectivity index (χ1) is 12.0. The zero-order chi connectivity index (χ0) is 17.8. The molecular weight excluding hydrogens is 356 g/mol. The van der Waals surface area contributed by atoms with E-state index in [1.54, 1.807) is 0 Å². The molecule has 0 unspecified atom stereocenters. The first kappa shape index (κ1) is 17.9. The van der Waals surface area contributed by atoms with Crippen LogP contribution in [0.5, 0.6) is 0 Å². The SMILES string of the molecule is O=C(O)CCCN1C(=O)C(=Cc2ccc(N3CCCC3)cc2)SC1=S. The number of carbonyl (C=O) groups is 2. The summed E-state index contributed by atoms with van der Waals surface area (Å²) >= 11 is 6.53. The number of carboxylic acids is 1. The van der Waals surface area contributed by atoms with Crippen LogP contribution in [0.25, 0.3) is 6.08 Å². The molecule has 2 saturated heterocycles. The summed E-state index contributed by atoms with van der Waals surface area (Å²) in [6.07, 6.45) is 4.77. The molecule has 25 heavy (non-hydrogen) atoms. The van der Waals surface area contributed by atoms with E-state index in [1.807, 2.05) is 18.2 Å². The number of thioether (sulfide) groups is 1. The molecule has 1 aromatic rings. The minimum atomic E-state index is -0.862. The molecular formula is C18H20N2O3S2. The molecule has 2 fully saturated rings. The zero-order valence-corrected chi connectivity index (χ0v) is 15.4. The highest BCUT2D eigenvalue weighted by Gasteiger charge is 2.31. The van der Waals surface area contributed by atoms with Crippen molar-refractivity contribution in [3.63, 3.8) is 0 Å². The van der Waals surface area contributed by atoms with Crippen LogP contribution in [-0.2, 0) is 9.59 Å². The molecule has 0 spiro atoms. The fraction of sp³-hybridized carbons (Fsp3) is 0.389. The minimum Gasteiger partial charge on any atom is -0.481 e. The Morgan fingerprint density at radius 1 is 1.24 bits per heavy atom. The first-order valence-electron chi connectivity index (χ1n) is 8.37. The molecule has 1 N–H and O–H groups in total. The minimum absolute atomic E-state index is 0.0358. The van der Waals surface area contributed by atoms with Crippen molar-refractivity contribution in [2.45, 2.75) is 25.7 Å². The number of benzene rings is 1. The molecule has 132 valence electrons. The topological polar surface area (TPSA) is 60.9 Å². The van der Waals surface area contributed by atoms with Crippen LogP contribution in [0.15, 0.2) is 29.2 Å². The Morgan fingerprint density at radius 2 is 1.92 bits per heavy atom. The van der Waals surface area contributed by atoms with E-state index in [2.05, 4.69) is 17.0 Å². The van der Waals surface area contributed by atoms with Crippen molar-refractivity contribution in [1.82, 2.24) is 4.90 Å². The fourth-order valence-corrected chi connectivity index (χ4v) is 4.30. The van der Waals surface area contributed by atoms with Crippen LogP contribution in [0.1, 0.15) is 31.2 Å². The Bertz CT molecular complexity index is 710. The van der Waals surface area contributed by atoms with Crippen molar-refractivity contribution in [1.29, 1.82) is 0 Å². The lowest BCUT2D eigenvalue weighted by molar-refractivity contribution is -0.137. The van der Waals surface area contributed by atoms with E-state index in [4.69, 9.17) is 17.3 Å². The van der Waals surface area contributed by atoms with Gasteiger partial charge in [0.25, 0.3) is 5.91 Å². The second kappa shape index (κ2) is 8.01. The van der Waals surface area contributed by atoms with Crippen molar-refractivity contribution < 1.29 is 14.7 Å². The van der Waals surface area contributed by atoms with Crippen molar-refractivity contribution in [3.05, 3.63) is 34.7 Å². The molecule has 0 radical (unpaired) electrons. The Kier molecular flexibility index (Phi) is 5.75. The lowest BCUT2D eigenvalue weighted by Crippen LogP contribution is -2.29. The molecule has 1 amide bonds. The van der Waals surface area contributed by atoms with Crippen LogP contribution >= 0.6 is 24.0 Å². The Labute approximate surface area is 156 Å². The average molecular weight is 377 g/mol. The molecule has 2 heterocycles. The molecule has 7 heteroatoms. The molecule has 3 rings (SSSR count). The number of aliphatic carboxylic acids is 1. The molecule has 0 atom stereocenters. The summed E-state index contributed by atoms with van der Waals surface area (Å²) in [7, 11) is 0. The summed E-state index contributed by atoms with van der Waals surface area (Å²) in [4.78, 5) is 27.5. The van der Waals surface area contributed by atoms with Gasteiger partial charge in [-0.3, -0.25) is 14.5 Å². The van der Waals surface area contributed by atoms with E-state index in [9.17, 15) is 9.59 Å². The van der Waals surface area contributed by atoms with E-state index in [0.717, 1.165) is 18.7 Å². The van der Waals surface area contributed by atoms with Gasteiger partial charge in [0.15, 0.2) is 0 Å². The number of thiocarbonyl (C=S) groups is 1. The van der Waals surface area contributed by atoms with Crippen molar-refractivity contribution in [3.8, 4) is 0 Å². The van der Waals surface area contributed by atoms with Gasteiger partial charge in [0.05, 0.1) is 4.91 Å². The normalized spacial score (nSPS) is 19.3. The first-order valence-corrected chi connectivity index (χ1v) is 9.59. The van der Waals surface area contributed by atoms with Crippen LogP contribution in [0.4, 0.5) is 5.69 Å². The highest BCUT2D eigenvalue weighted by molar-refractivity contribution is 8.26. The van der Waals surface area contributed by atoms with Gasteiger partial charge in [-0.05, 0) is 43.0 Å². The number of carboxylic acid groups (broad SMARTS) is 1. The van der Waals surface area contributed by atoms with Gasteiger partial charge < -0.3 is 10.0 Å². The largest absolute Gasteiger partial charge is 0.481 e. The van der Waals surface area contributed by atoms with E-state index in [1.165, 1.54) is 35.2 Å². The predicted molar refractivity (Wildman–Crippen MR) is 105 cm³/mol. The molecule has 1 aromatic carbocycles. The van der Waals surface area contributed by atoms with Crippen molar-refractivity contribution in [2.24, 2.45) is 0 Å². The van der Waals surface area contributed by atoms with E-state index >= 15 is 0 Å². The van der Waals surface area contributed by atoms with Crippen LogP contribution < -0.4 is 4.90 Å². The van der Waals surface area contributed by atoms with Gasteiger partial charge in [-0.1, -0.05) is 36.1 Å². The zero-order valence-electron chi connectivity index (χ0n) is 13.8. The van der Waals surface area contributed by atoms with Crippen LogP contribution in [0, 0.1) is 0 Å². The number of carbonyl (C=O) groups excluding carboxylic acids is 1. The molecule has 2 aliphatic heterocycles. The summed E-state index contributed by atoms with van der Waals surface area (Å²) < 4.78 is 0.496. The Hall–Kier alpha value is -1.86. The van der Waals surface area contributed by atoms with E-state index in [-0.39, 0.29) is 12.3 Å². The third kappa shape index (κ3) is 4.41. The maximum atomic E-state index is 12.5. The highest BCUT2D eigenvalue weighted by Crippen LogP contribution is 2.33. The molecule has 0 aromatic heterocycles. The van der Waals surface area contributed by atoms with Crippen LogP contribution in [-0.4, -0.2) is 45.8 Å². The van der Waals surface area contributed by atoms with Gasteiger partial charge in [0.1, 0.15) is 4.32 Å². The number of nitrogens with zero attached hydrogens (tertiary/aromatic N) is 2. The molecule has 0 aliphatic carbocycles. The monoisotopic (exact) mass is 376 g/mol. The maximum absolute atomic E-state index is 12.5. The standard InChI is InChI=1S/C18H20N2O3S2/c21-16(22)4-3-11-20-17(23)15(25-18(20)24)12-13-5-7-14(8-6-13)19-9-1-2-10-19/h5-8,12H,1-4,9-11H2,(H,21,22). The summed E-state index contributed by atoms with van der Waals surface area (Å²) in [5.41, 5.74) is 2.19. The fourth-order valence-electron chi connectivity index (χ4n) is 2.99. The van der Waals surface area contributed by atoms with E-state index < -0.39 is 5.97 Å². The number of amides is 1. The average Bonchev–Trinajstić information content (AvgIpc) is 3.20. The van der Waals surface area contributed by atoms with Gasteiger partial charge in [0, 0.05) is 31.7 Å². The van der Waals surface area contributed by atoms with Gasteiger partial charge in [-0.2, -0.15) is 0 Å². The van der Waals surface area contributed by atoms with E-state index in [0.29, 0.717) is 22.2 Å². The quantitative estimate of drug-likeness (QED) is 0.607. The van der Waals surface area contributed by atoms with Gasteiger partial charge in [-0.15, -0.1) is 0 Å². The van der Waals surface area contributed by atoms with Crippen LogP contribution in [0.2, 0.25) is 0 Å². The summed E-state index contributed by atoms with van der Waals surface area (Å²) in [6, 6.07) is 8.21. The van der Waals surface area contributed by atoms with Gasteiger partial charge in [0.2, 0.25) is 0 Å². The third-order valence-electron chi connectivity index (χ3n) is 4.31. The molecule has 2 aliphatic rings. The second-order valence-electron chi connectivity index (χ2n) is 6.12. The molecule has 0 saturated carbocycles. The highest BCUT2D eigenvalue weighted by atomic mass is 32.2. The second-order valence-corrected chi connectivity index (χ2v) is 7.79. The maximum Gasteiger partial charge on any atom is 0.303 e. The van der Waals surface area contributed by atoms with Crippen molar-refractivity contribution in [2.75, 3.05) is 24.5 Å². The summed E-state index contributed by atoms with van der Waals surface area (Å²) in [5.74, 6) is -0.997. The molecule has 0 bridgehead atoms. The van der Waals surface area contributed by atoms with Gasteiger partial charge in [-0.25, -0.2) is 0 Å². The van der Waals surface area contributed by atoms with Crippen LogP contribution in [0.3, 0.4) is 0 Å². The number of hydrogen-bond donors (Lipinski definition) is 1. The smallest absolute Gasteiger partial charge is 0.303 e. The lowest BCUT2D eigenvalue weighted by Gasteiger charge is -2.17. The number of rotatable bonds is 6. The lowest BCUT2D eigenvalue weighted by atomic mass is 10.2. The number of anilines is 1. The summed E-state index contributed by atoms with van der Waals surface area (Å²) in [6.45, 7) is 2.56. The summed E-state index contributed by atoms with van der Waals surface area (Å²) in [5, 5.41) is 8.71. The molecule has 5 nitrogen and oxygen atoms in total. The Morgan fingerprint density at radius 3 is 2.56 bits per heavy atom.